The molecular formula is C21H20N4O2. The summed E-state index contributed by atoms with van der Waals surface area (Å²) in [6, 6.07) is 9.99. The van der Waals surface area contributed by atoms with Crippen LogP contribution in [0.25, 0.3) is 11.3 Å². The summed E-state index contributed by atoms with van der Waals surface area (Å²) in [6.07, 6.45) is 10.2. The standard InChI is InChI=1S/C21H20N4O2/c26-20-21(27)25(18-9-15-8-16(15)10-18)7-6-24(20)13-17-11-23-19(12-22-17)14-4-2-1-3-5-14/h1-7,11-12,15-16,18H,8-10,13H2/t15-,16+,18?. The van der Waals surface area contributed by atoms with Crippen LogP contribution in [-0.4, -0.2) is 19.1 Å². The Morgan fingerprint density at radius 1 is 0.889 bits per heavy atom. The van der Waals surface area contributed by atoms with E-state index < -0.39 is 11.1 Å². The van der Waals surface area contributed by atoms with Crippen molar-refractivity contribution in [2.24, 2.45) is 11.8 Å². The van der Waals surface area contributed by atoms with Gasteiger partial charge in [0.15, 0.2) is 0 Å². The van der Waals surface area contributed by atoms with Gasteiger partial charge < -0.3 is 9.13 Å². The maximum Gasteiger partial charge on any atom is 0.316 e. The van der Waals surface area contributed by atoms with Gasteiger partial charge in [0.2, 0.25) is 0 Å². The number of benzene rings is 1. The van der Waals surface area contributed by atoms with Crippen LogP contribution in [-0.2, 0) is 6.54 Å². The topological polar surface area (TPSA) is 69.8 Å². The molecule has 0 aliphatic heterocycles. The van der Waals surface area contributed by atoms with Crippen molar-refractivity contribution >= 4 is 0 Å². The zero-order valence-electron chi connectivity index (χ0n) is 14.9. The fourth-order valence-electron chi connectivity index (χ4n) is 4.21. The van der Waals surface area contributed by atoms with Crippen LogP contribution < -0.4 is 11.1 Å². The maximum atomic E-state index is 12.5. The predicted molar refractivity (Wildman–Crippen MR) is 101 cm³/mol. The lowest BCUT2D eigenvalue weighted by Crippen LogP contribution is -2.42. The molecule has 1 aromatic carbocycles. The Morgan fingerprint density at radius 2 is 1.67 bits per heavy atom. The average molecular weight is 360 g/mol. The molecule has 0 spiro atoms. The highest BCUT2D eigenvalue weighted by molar-refractivity contribution is 5.57. The van der Waals surface area contributed by atoms with Crippen molar-refractivity contribution in [1.29, 1.82) is 0 Å². The van der Waals surface area contributed by atoms with Gasteiger partial charge in [0, 0.05) is 24.0 Å². The van der Waals surface area contributed by atoms with E-state index in [1.165, 1.54) is 11.0 Å². The first-order valence-corrected chi connectivity index (χ1v) is 9.37. The third kappa shape index (κ3) is 3.01. The normalized spacial score (nSPS) is 23.2. The molecule has 136 valence electrons. The second kappa shape index (κ2) is 6.30. The minimum absolute atomic E-state index is 0.188. The molecule has 0 amide bonds. The molecule has 0 radical (unpaired) electrons. The lowest BCUT2D eigenvalue weighted by atomic mass is 10.1. The lowest BCUT2D eigenvalue weighted by Gasteiger charge is -2.16. The Balaban J connectivity index is 1.37. The summed E-state index contributed by atoms with van der Waals surface area (Å²) in [5.41, 5.74) is 1.49. The van der Waals surface area contributed by atoms with Gasteiger partial charge in [-0.1, -0.05) is 30.3 Å². The summed E-state index contributed by atoms with van der Waals surface area (Å²) in [4.78, 5) is 33.9. The van der Waals surface area contributed by atoms with Gasteiger partial charge in [-0.15, -0.1) is 0 Å². The second-order valence-electron chi connectivity index (χ2n) is 7.58. The highest BCUT2D eigenvalue weighted by Gasteiger charge is 2.46. The van der Waals surface area contributed by atoms with Crippen molar-refractivity contribution in [3.05, 3.63) is 81.5 Å². The third-order valence-corrected chi connectivity index (χ3v) is 5.80. The van der Waals surface area contributed by atoms with E-state index in [2.05, 4.69) is 9.97 Å². The summed E-state index contributed by atoms with van der Waals surface area (Å²) < 4.78 is 3.05. The summed E-state index contributed by atoms with van der Waals surface area (Å²) in [5, 5.41) is 0. The molecule has 0 saturated heterocycles. The number of rotatable bonds is 4. The zero-order chi connectivity index (χ0) is 18.4. The molecule has 0 bridgehead atoms. The molecule has 5 rings (SSSR count). The first-order chi connectivity index (χ1) is 13.2. The highest BCUT2D eigenvalue weighted by atomic mass is 16.2. The predicted octanol–water partition coefficient (Wildman–Crippen LogP) is 2.49. The van der Waals surface area contributed by atoms with E-state index >= 15 is 0 Å². The molecule has 2 aromatic heterocycles. The molecular weight excluding hydrogens is 340 g/mol. The van der Waals surface area contributed by atoms with E-state index in [4.69, 9.17) is 0 Å². The largest absolute Gasteiger partial charge is 0.316 e. The van der Waals surface area contributed by atoms with E-state index in [1.54, 1.807) is 29.4 Å². The lowest BCUT2D eigenvalue weighted by molar-refractivity contribution is 0.445. The first-order valence-electron chi connectivity index (χ1n) is 9.37. The Kier molecular flexibility index (Phi) is 3.77. The van der Waals surface area contributed by atoms with Crippen LogP contribution in [0.15, 0.2) is 64.7 Å². The van der Waals surface area contributed by atoms with E-state index in [9.17, 15) is 9.59 Å². The van der Waals surface area contributed by atoms with Crippen LogP contribution in [0.5, 0.6) is 0 Å². The fourth-order valence-corrected chi connectivity index (χ4v) is 4.21. The van der Waals surface area contributed by atoms with Gasteiger partial charge in [0.05, 0.1) is 30.3 Å². The second-order valence-corrected chi connectivity index (χ2v) is 7.58. The molecule has 2 saturated carbocycles. The zero-order valence-corrected chi connectivity index (χ0v) is 14.9. The van der Waals surface area contributed by atoms with E-state index in [0.717, 1.165) is 35.9 Å². The summed E-state index contributed by atoms with van der Waals surface area (Å²) in [6.45, 7) is 0.243. The van der Waals surface area contributed by atoms with Gasteiger partial charge in [-0.3, -0.25) is 19.6 Å². The van der Waals surface area contributed by atoms with Crippen molar-refractivity contribution in [3.63, 3.8) is 0 Å². The van der Waals surface area contributed by atoms with Crippen molar-refractivity contribution < 1.29 is 0 Å². The summed E-state index contributed by atoms with van der Waals surface area (Å²) in [7, 11) is 0. The number of fused-ring (bicyclic) bond motifs is 1. The molecule has 2 heterocycles. The smallest absolute Gasteiger partial charge is 0.306 e. The van der Waals surface area contributed by atoms with Crippen LogP contribution in [0.1, 0.15) is 31.0 Å². The molecule has 3 atom stereocenters. The molecule has 2 fully saturated rings. The van der Waals surface area contributed by atoms with Gasteiger partial charge in [0.1, 0.15) is 0 Å². The molecule has 6 nitrogen and oxygen atoms in total. The van der Waals surface area contributed by atoms with Crippen LogP contribution in [0.3, 0.4) is 0 Å². The molecule has 6 heteroatoms. The number of hydrogen-bond donors (Lipinski definition) is 0. The Hall–Kier alpha value is -3.02. The van der Waals surface area contributed by atoms with Crippen LogP contribution in [0.2, 0.25) is 0 Å². The fraction of sp³-hybridized carbons (Fsp3) is 0.333. The van der Waals surface area contributed by atoms with Crippen LogP contribution in [0.4, 0.5) is 0 Å². The van der Waals surface area contributed by atoms with E-state index in [0.29, 0.717) is 5.69 Å². The van der Waals surface area contributed by atoms with Gasteiger partial charge in [-0.05, 0) is 31.1 Å². The van der Waals surface area contributed by atoms with Crippen molar-refractivity contribution in [2.75, 3.05) is 0 Å². The Labute approximate surface area is 156 Å². The van der Waals surface area contributed by atoms with E-state index in [1.807, 2.05) is 30.3 Å². The monoisotopic (exact) mass is 360 g/mol. The molecule has 1 unspecified atom stereocenters. The Morgan fingerprint density at radius 3 is 2.37 bits per heavy atom. The van der Waals surface area contributed by atoms with Crippen LogP contribution in [0, 0.1) is 11.8 Å². The maximum absolute atomic E-state index is 12.5. The average Bonchev–Trinajstić information content (AvgIpc) is 3.32. The Bertz CT molecular complexity index is 1080. The van der Waals surface area contributed by atoms with Crippen molar-refractivity contribution in [2.45, 2.75) is 31.8 Å². The molecule has 2 aliphatic carbocycles. The third-order valence-electron chi connectivity index (χ3n) is 5.80. The number of aromatic nitrogens is 4. The molecule has 2 aliphatic rings. The molecule has 3 aromatic rings. The van der Waals surface area contributed by atoms with Crippen LogP contribution >= 0.6 is 0 Å². The number of nitrogens with zero attached hydrogens (tertiary/aromatic N) is 4. The molecule has 27 heavy (non-hydrogen) atoms. The quantitative estimate of drug-likeness (QED) is 0.670. The van der Waals surface area contributed by atoms with Gasteiger partial charge in [0.25, 0.3) is 0 Å². The van der Waals surface area contributed by atoms with Gasteiger partial charge in [-0.2, -0.15) is 0 Å². The minimum atomic E-state index is -0.494. The minimum Gasteiger partial charge on any atom is -0.306 e. The first kappa shape index (κ1) is 16.2. The van der Waals surface area contributed by atoms with Crippen molar-refractivity contribution in [3.8, 4) is 11.3 Å². The molecule has 0 N–H and O–H groups in total. The van der Waals surface area contributed by atoms with E-state index in [-0.39, 0.29) is 12.6 Å². The van der Waals surface area contributed by atoms with Crippen molar-refractivity contribution in [1.82, 2.24) is 19.1 Å². The summed E-state index contributed by atoms with van der Waals surface area (Å²) in [5.74, 6) is 1.53. The number of hydrogen-bond acceptors (Lipinski definition) is 4. The highest BCUT2D eigenvalue weighted by Crippen LogP contribution is 2.55. The SMILES string of the molecule is O=c1c(=O)n(C2C[C@@H]3C[C@@H]3C2)ccn1Cc1cnc(-c2ccccc2)cn1. The van der Waals surface area contributed by atoms with Gasteiger partial charge in [-0.25, -0.2) is 0 Å². The summed E-state index contributed by atoms with van der Waals surface area (Å²) >= 11 is 0. The van der Waals surface area contributed by atoms with Gasteiger partial charge >= 0.3 is 11.1 Å².